The molecule has 2 atom stereocenters. The Hall–Kier alpha value is -0.680. The van der Waals surface area contributed by atoms with Crippen LogP contribution in [0.1, 0.15) is 52.9 Å². The quantitative estimate of drug-likeness (QED) is 0.621. The molecule has 0 amide bonds. The van der Waals surface area contributed by atoms with E-state index in [1.54, 1.807) is 0 Å². The molecule has 1 saturated carbocycles. The Balaban J connectivity index is 1.74. The summed E-state index contributed by atoms with van der Waals surface area (Å²) in [4.78, 5) is 0. The molecule has 2 rings (SSSR count). The third kappa shape index (κ3) is 5.02. The normalized spacial score (nSPS) is 31.2. The second-order valence-corrected chi connectivity index (χ2v) is 7.40. The van der Waals surface area contributed by atoms with Crippen LogP contribution in [0, 0.1) is 11.3 Å². The van der Waals surface area contributed by atoms with E-state index >= 15 is 0 Å². The molecule has 1 heterocycles. The lowest BCUT2D eigenvalue weighted by Gasteiger charge is -2.34. The maximum atomic E-state index is 5.55. The number of thiocarbonyl (C=S) groups is 1. The molecule has 0 aromatic carbocycles. The van der Waals surface area contributed by atoms with Gasteiger partial charge in [-0.2, -0.15) is 5.10 Å². The summed E-state index contributed by atoms with van der Waals surface area (Å²) in [6, 6.07) is 0. The predicted octanol–water partition coefficient (Wildman–Crippen LogP) is 2.83. The standard InChI is InChI=1S/C15H27N3OS/c1-11-7-12(9-15(2,3)8-11)17-18-14(20)16-10-13-5-4-6-19-13/h11,13H,4-10H2,1-3H3,(H2,16,18,20)/b17-12-/t11-,13+/m1/s1. The summed E-state index contributed by atoms with van der Waals surface area (Å²) in [6.07, 6.45) is 5.98. The van der Waals surface area contributed by atoms with Crippen molar-refractivity contribution in [3.05, 3.63) is 0 Å². The maximum absolute atomic E-state index is 5.55. The highest BCUT2D eigenvalue weighted by Gasteiger charge is 2.29. The molecule has 0 unspecified atom stereocenters. The Morgan fingerprint density at radius 2 is 2.30 bits per heavy atom. The summed E-state index contributed by atoms with van der Waals surface area (Å²) in [5, 5.41) is 8.28. The van der Waals surface area contributed by atoms with Crippen LogP contribution in [0.15, 0.2) is 5.10 Å². The van der Waals surface area contributed by atoms with Gasteiger partial charge in [0.1, 0.15) is 0 Å². The van der Waals surface area contributed by atoms with Gasteiger partial charge in [-0.15, -0.1) is 0 Å². The minimum absolute atomic E-state index is 0.302. The Labute approximate surface area is 127 Å². The van der Waals surface area contributed by atoms with E-state index in [0.29, 0.717) is 22.5 Å². The molecular weight excluding hydrogens is 270 g/mol. The Kier molecular flexibility index (Phi) is 5.38. The van der Waals surface area contributed by atoms with Gasteiger partial charge in [-0.05, 0) is 55.7 Å². The Bertz CT molecular complexity index is 375. The number of hydrogen-bond donors (Lipinski definition) is 2. The smallest absolute Gasteiger partial charge is 0.187 e. The van der Waals surface area contributed by atoms with Crippen LogP contribution in [0.2, 0.25) is 0 Å². The molecule has 20 heavy (non-hydrogen) atoms. The lowest BCUT2D eigenvalue weighted by atomic mass is 9.72. The monoisotopic (exact) mass is 297 g/mol. The first-order chi connectivity index (χ1) is 9.44. The van der Waals surface area contributed by atoms with Gasteiger partial charge in [0.15, 0.2) is 5.11 Å². The van der Waals surface area contributed by atoms with E-state index in [9.17, 15) is 0 Å². The van der Waals surface area contributed by atoms with E-state index in [-0.39, 0.29) is 0 Å². The summed E-state index contributed by atoms with van der Waals surface area (Å²) in [5.41, 5.74) is 4.57. The fourth-order valence-corrected chi connectivity index (χ4v) is 3.51. The van der Waals surface area contributed by atoms with Gasteiger partial charge >= 0.3 is 0 Å². The number of ether oxygens (including phenoxy) is 1. The Morgan fingerprint density at radius 1 is 1.50 bits per heavy atom. The van der Waals surface area contributed by atoms with Gasteiger partial charge in [0.2, 0.25) is 0 Å². The third-order valence-electron chi connectivity index (χ3n) is 4.00. The average Bonchev–Trinajstić information content (AvgIpc) is 2.84. The SMILES string of the molecule is C[C@@H]1C/C(=N/NC(=S)NC[C@@H]2CCCO2)CC(C)(C)C1. The molecule has 1 aliphatic carbocycles. The van der Waals surface area contributed by atoms with Crippen LogP contribution in [-0.2, 0) is 4.74 Å². The van der Waals surface area contributed by atoms with Gasteiger partial charge in [0.25, 0.3) is 0 Å². The van der Waals surface area contributed by atoms with Gasteiger partial charge in [0, 0.05) is 18.9 Å². The molecule has 0 bridgehead atoms. The van der Waals surface area contributed by atoms with Gasteiger partial charge in [-0.3, -0.25) is 5.43 Å². The van der Waals surface area contributed by atoms with Crippen molar-refractivity contribution in [1.29, 1.82) is 0 Å². The molecular formula is C15H27N3OS. The summed E-state index contributed by atoms with van der Waals surface area (Å²) < 4.78 is 5.55. The van der Waals surface area contributed by atoms with E-state index in [2.05, 4.69) is 36.6 Å². The van der Waals surface area contributed by atoms with Crippen molar-refractivity contribution in [3.8, 4) is 0 Å². The second kappa shape index (κ2) is 6.85. The number of nitrogens with one attached hydrogen (secondary N) is 2. The van der Waals surface area contributed by atoms with Crippen LogP contribution in [0.3, 0.4) is 0 Å². The molecule has 1 saturated heterocycles. The number of nitrogens with zero attached hydrogens (tertiary/aromatic N) is 1. The van der Waals surface area contributed by atoms with Gasteiger partial charge in [-0.25, -0.2) is 0 Å². The fourth-order valence-electron chi connectivity index (χ4n) is 3.38. The molecule has 0 aromatic rings. The summed E-state index contributed by atoms with van der Waals surface area (Å²) >= 11 is 5.26. The van der Waals surface area contributed by atoms with Gasteiger partial charge in [0.05, 0.1) is 6.10 Å². The molecule has 0 spiro atoms. The van der Waals surface area contributed by atoms with Crippen molar-refractivity contribution < 1.29 is 4.74 Å². The number of hydrogen-bond acceptors (Lipinski definition) is 3. The van der Waals surface area contributed by atoms with Gasteiger partial charge < -0.3 is 10.1 Å². The minimum atomic E-state index is 0.302. The topological polar surface area (TPSA) is 45.7 Å². The number of rotatable bonds is 3. The molecule has 2 fully saturated rings. The van der Waals surface area contributed by atoms with E-state index < -0.39 is 0 Å². The zero-order chi connectivity index (χ0) is 14.6. The summed E-state index contributed by atoms with van der Waals surface area (Å²) in [7, 11) is 0. The van der Waals surface area contributed by atoms with Crippen molar-refractivity contribution in [2.24, 2.45) is 16.4 Å². The first-order valence-electron chi connectivity index (χ1n) is 7.65. The molecule has 5 heteroatoms. The molecule has 114 valence electrons. The second-order valence-electron chi connectivity index (χ2n) is 6.99. The lowest BCUT2D eigenvalue weighted by Crippen LogP contribution is -2.38. The lowest BCUT2D eigenvalue weighted by molar-refractivity contribution is 0.114. The fraction of sp³-hybridized carbons (Fsp3) is 0.867. The third-order valence-corrected chi connectivity index (χ3v) is 4.23. The summed E-state index contributed by atoms with van der Waals surface area (Å²) in [5.74, 6) is 0.702. The Morgan fingerprint density at radius 3 is 2.95 bits per heavy atom. The highest BCUT2D eigenvalue weighted by Crippen LogP contribution is 2.36. The van der Waals surface area contributed by atoms with Crippen LogP contribution in [0.25, 0.3) is 0 Å². The van der Waals surface area contributed by atoms with Crippen molar-refractivity contribution in [2.75, 3.05) is 13.2 Å². The highest BCUT2D eigenvalue weighted by molar-refractivity contribution is 7.80. The minimum Gasteiger partial charge on any atom is -0.376 e. The van der Waals surface area contributed by atoms with Crippen LogP contribution in [0.4, 0.5) is 0 Å². The van der Waals surface area contributed by atoms with Crippen molar-refractivity contribution in [1.82, 2.24) is 10.7 Å². The predicted molar refractivity (Wildman–Crippen MR) is 86.9 cm³/mol. The zero-order valence-corrected chi connectivity index (χ0v) is 13.7. The molecule has 1 aliphatic heterocycles. The van der Waals surface area contributed by atoms with Crippen LogP contribution in [0.5, 0.6) is 0 Å². The molecule has 4 nitrogen and oxygen atoms in total. The van der Waals surface area contributed by atoms with Crippen molar-refractivity contribution >= 4 is 23.0 Å². The van der Waals surface area contributed by atoms with E-state index in [1.807, 2.05) is 0 Å². The van der Waals surface area contributed by atoms with Crippen molar-refractivity contribution in [3.63, 3.8) is 0 Å². The van der Waals surface area contributed by atoms with E-state index in [4.69, 9.17) is 17.0 Å². The first kappa shape index (κ1) is 15.7. The van der Waals surface area contributed by atoms with Crippen LogP contribution in [-0.4, -0.2) is 30.1 Å². The molecule has 2 N–H and O–H groups in total. The summed E-state index contributed by atoms with van der Waals surface area (Å²) in [6.45, 7) is 8.57. The molecule has 2 aliphatic rings. The first-order valence-corrected chi connectivity index (χ1v) is 8.06. The number of hydrazone groups is 1. The average molecular weight is 297 g/mol. The van der Waals surface area contributed by atoms with E-state index in [1.165, 1.54) is 12.1 Å². The largest absolute Gasteiger partial charge is 0.376 e. The van der Waals surface area contributed by atoms with Crippen LogP contribution >= 0.6 is 12.2 Å². The van der Waals surface area contributed by atoms with Crippen LogP contribution < -0.4 is 10.7 Å². The zero-order valence-electron chi connectivity index (χ0n) is 12.9. The van der Waals surface area contributed by atoms with Gasteiger partial charge in [-0.1, -0.05) is 20.8 Å². The molecule has 0 radical (unpaired) electrons. The highest BCUT2D eigenvalue weighted by atomic mass is 32.1. The van der Waals surface area contributed by atoms with E-state index in [0.717, 1.165) is 38.8 Å². The van der Waals surface area contributed by atoms with Crippen molar-refractivity contribution in [2.45, 2.75) is 59.0 Å². The maximum Gasteiger partial charge on any atom is 0.187 e. The molecule has 0 aromatic heterocycles.